The molecule has 0 saturated carbocycles. The predicted molar refractivity (Wildman–Crippen MR) is 203 cm³/mol. The van der Waals surface area contributed by atoms with Crippen molar-refractivity contribution in [2.45, 2.75) is 6.92 Å². The Bertz CT molecular complexity index is 2620. The van der Waals surface area contributed by atoms with E-state index >= 15 is 0 Å². The molecule has 7 aromatic carbocycles. The summed E-state index contributed by atoms with van der Waals surface area (Å²) in [5.74, 6) is 0. The third-order valence-corrected chi connectivity index (χ3v) is 11.5. The van der Waals surface area contributed by atoms with Gasteiger partial charge in [-0.1, -0.05) is 122 Å². The lowest BCUT2D eigenvalue weighted by Gasteiger charge is -2.18. The Kier molecular flexibility index (Phi) is 6.02. The summed E-state index contributed by atoms with van der Waals surface area (Å²) in [5.41, 5.74) is 6.30. The second-order valence-corrected chi connectivity index (χ2v) is 13.7. The molecule has 45 heavy (non-hydrogen) atoms. The molecule has 0 amide bonds. The highest BCUT2D eigenvalue weighted by atomic mass is 32.1. The molecule has 9 aromatic rings. The number of hydrogen-bond acceptors (Lipinski definition) is 2. The van der Waals surface area contributed by atoms with Gasteiger partial charge in [0, 0.05) is 35.1 Å². The van der Waals surface area contributed by atoms with Crippen molar-refractivity contribution in [3.05, 3.63) is 144 Å². The van der Waals surface area contributed by atoms with Gasteiger partial charge in [-0.15, -0.1) is 22.7 Å². The molecule has 0 aliphatic rings. The van der Waals surface area contributed by atoms with Gasteiger partial charge < -0.3 is 0 Å². The first-order valence-corrected chi connectivity index (χ1v) is 17.0. The van der Waals surface area contributed by atoms with Crippen molar-refractivity contribution in [1.82, 2.24) is 0 Å². The van der Waals surface area contributed by atoms with Gasteiger partial charge in [-0.2, -0.15) is 0 Å². The summed E-state index contributed by atoms with van der Waals surface area (Å²) >= 11 is 3.74. The van der Waals surface area contributed by atoms with E-state index in [-0.39, 0.29) is 0 Å². The molecule has 0 unspecified atom stereocenters. The largest absolute Gasteiger partial charge is 0.135 e. The number of benzene rings is 7. The number of hydrogen-bond donors (Lipinski definition) is 0. The first-order chi connectivity index (χ1) is 22.2. The molecule has 2 heteroatoms. The van der Waals surface area contributed by atoms with E-state index in [1.54, 1.807) is 0 Å². The van der Waals surface area contributed by atoms with Gasteiger partial charge in [-0.05, 0) is 91.3 Å². The Morgan fingerprint density at radius 2 is 1.11 bits per heavy atom. The van der Waals surface area contributed by atoms with E-state index < -0.39 is 0 Å². The van der Waals surface area contributed by atoms with Crippen LogP contribution in [0.15, 0.2) is 134 Å². The lowest BCUT2D eigenvalue weighted by Crippen LogP contribution is -1.90. The van der Waals surface area contributed by atoms with Gasteiger partial charge in [-0.3, -0.25) is 0 Å². The molecule has 0 radical (unpaired) electrons. The Labute approximate surface area is 269 Å². The van der Waals surface area contributed by atoms with Crippen LogP contribution in [0.3, 0.4) is 0 Å². The maximum atomic E-state index is 4.17. The highest BCUT2D eigenvalue weighted by molar-refractivity contribution is 7.26. The molecule has 0 aliphatic heterocycles. The van der Waals surface area contributed by atoms with Gasteiger partial charge in [0.15, 0.2) is 0 Å². The average molecular weight is 609 g/mol. The van der Waals surface area contributed by atoms with Crippen LogP contribution in [0.1, 0.15) is 17.4 Å². The summed E-state index contributed by atoms with van der Waals surface area (Å²) in [6.45, 7) is 6.24. The minimum absolute atomic E-state index is 1.21. The summed E-state index contributed by atoms with van der Waals surface area (Å²) in [6.07, 6.45) is 6.30. The first-order valence-electron chi connectivity index (χ1n) is 15.3. The van der Waals surface area contributed by atoms with Crippen molar-refractivity contribution in [2.75, 3.05) is 0 Å². The zero-order valence-corrected chi connectivity index (χ0v) is 26.4. The second-order valence-electron chi connectivity index (χ2n) is 11.6. The molecular weight excluding hydrogens is 581 g/mol. The van der Waals surface area contributed by atoms with Crippen molar-refractivity contribution in [2.24, 2.45) is 0 Å². The van der Waals surface area contributed by atoms with Crippen LogP contribution in [0, 0.1) is 0 Å². The van der Waals surface area contributed by atoms with Crippen LogP contribution in [0.2, 0.25) is 0 Å². The van der Waals surface area contributed by atoms with Crippen LogP contribution < -0.4 is 0 Å². The smallest absolute Gasteiger partial charge is 0.0433 e. The molecule has 9 rings (SSSR count). The number of allylic oxidation sites excluding steroid dienone is 1. The molecule has 0 saturated heterocycles. The van der Waals surface area contributed by atoms with E-state index in [0.29, 0.717) is 0 Å². The molecule has 2 heterocycles. The maximum Gasteiger partial charge on any atom is 0.0433 e. The monoisotopic (exact) mass is 608 g/mol. The third-order valence-electron chi connectivity index (χ3n) is 9.15. The molecule has 2 aromatic heterocycles. The van der Waals surface area contributed by atoms with Crippen LogP contribution in [0.4, 0.5) is 0 Å². The fourth-order valence-corrected chi connectivity index (χ4v) is 9.62. The number of rotatable bonds is 4. The standard InChI is InChI=1S/C43H28S2/c1-3-11-38-29(4-2)37-24-27(20-23-39(37)44-38)41-32-14-7-9-16-34(32)42(35-17-10-8-15-33(35)41)28-19-21-31-36-22-18-26-12-5-6-13-30(26)43(36)45-40(31)25-28/h3-25H,2H2,1H3/b11-3-. The summed E-state index contributed by atoms with van der Waals surface area (Å²) in [4.78, 5) is 1.26. The third kappa shape index (κ3) is 3.96. The second kappa shape index (κ2) is 10.3. The van der Waals surface area contributed by atoms with E-state index in [4.69, 9.17) is 0 Å². The maximum absolute atomic E-state index is 4.17. The molecule has 0 spiro atoms. The fourth-order valence-electron chi connectivity index (χ4n) is 7.19. The Morgan fingerprint density at radius 3 is 1.78 bits per heavy atom. The quantitative estimate of drug-likeness (QED) is 0.174. The molecule has 0 atom stereocenters. The highest BCUT2D eigenvalue weighted by Gasteiger charge is 2.19. The first kappa shape index (κ1) is 26.4. The van der Waals surface area contributed by atoms with E-state index in [1.165, 1.54) is 95.3 Å². The number of fused-ring (bicyclic) bond motifs is 8. The van der Waals surface area contributed by atoms with E-state index in [9.17, 15) is 0 Å². The van der Waals surface area contributed by atoms with Crippen molar-refractivity contribution in [3.8, 4) is 22.3 Å². The van der Waals surface area contributed by atoms with Crippen molar-refractivity contribution in [3.63, 3.8) is 0 Å². The molecule has 0 fully saturated rings. The van der Waals surface area contributed by atoms with Crippen molar-refractivity contribution in [1.29, 1.82) is 0 Å². The molecular formula is C43H28S2. The topological polar surface area (TPSA) is 0 Å². The minimum atomic E-state index is 1.21. The Hall–Kier alpha value is -5.02. The molecule has 212 valence electrons. The van der Waals surface area contributed by atoms with Crippen LogP contribution in [-0.2, 0) is 0 Å². The zero-order valence-electron chi connectivity index (χ0n) is 24.8. The van der Waals surface area contributed by atoms with E-state index in [0.717, 1.165) is 0 Å². The summed E-state index contributed by atoms with van der Waals surface area (Å²) in [5, 5.41) is 11.7. The van der Waals surface area contributed by atoms with Crippen LogP contribution in [0.5, 0.6) is 0 Å². The van der Waals surface area contributed by atoms with Crippen LogP contribution in [-0.4, -0.2) is 0 Å². The van der Waals surface area contributed by atoms with Crippen LogP contribution >= 0.6 is 22.7 Å². The van der Waals surface area contributed by atoms with Gasteiger partial charge in [0.25, 0.3) is 0 Å². The van der Waals surface area contributed by atoms with Crippen molar-refractivity contribution >= 4 is 97.4 Å². The Morgan fingerprint density at radius 1 is 0.511 bits per heavy atom. The molecule has 0 N–H and O–H groups in total. The lowest BCUT2D eigenvalue weighted by molar-refractivity contribution is 1.70. The normalized spacial score (nSPS) is 12.1. The Balaban J connectivity index is 1.32. The summed E-state index contributed by atoms with van der Waals surface area (Å²) in [7, 11) is 0. The van der Waals surface area contributed by atoms with Gasteiger partial charge in [0.05, 0.1) is 0 Å². The highest BCUT2D eigenvalue weighted by Crippen LogP contribution is 2.47. The van der Waals surface area contributed by atoms with Gasteiger partial charge in [-0.25, -0.2) is 0 Å². The van der Waals surface area contributed by atoms with E-state index in [2.05, 4.69) is 147 Å². The average Bonchev–Trinajstić information content (AvgIpc) is 3.64. The summed E-state index contributed by atoms with van der Waals surface area (Å²) < 4.78 is 3.98. The van der Waals surface area contributed by atoms with E-state index in [1.807, 2.05) is 28.7 Å². The fraction of sp³-hybridized carbons (Fsp3) is 0.0233. The molecule has 0 aliphatic carbocycles. The lowest BCUT2D eigenvalue weighted by atomic mass is 9.85. The SMILES string of the molecule is C=Cc1c(/C=C\C)sc2ccc(-c3c4ccccc4c(-c4ccc5c(c4)sc4c6ccccc6ccc54)c4ccccc34)cc12. The van der Waals surface area contributed by atoms with Crippen molar-refractivity contribution < 1.29 is 0 Å². The summed E-state index contributed by atoms with van der Waals surface area (Å²) in [6, 6.07) is 45.2. The van der Waals surface area contributed by atoms with Gasteiger partial charge >= 0.3 is 0 Å². The number of thiophene rings is 2. The zero-order chi connectivity index (χ0) is 30.1. The molecule has 0 nitrogen and oxygen atoms in total. The van der Waals surface area contributed by atoms with Crippen LogP contribution in [0.25, 0.3) is 97.0 Å². The predicted octanol–water partition coefficient (Wildman–Crippen LogP) is 13.7. The van der Waals surface area contributed by atoms with Gasteiger partial charge in [0.1, 0.15) is 0 Å². The van der Waals surface area contributed by atoms with Gasteiger partial charge in [0.2, 0.25) is 0 Å². The minimum Gasteiger partial charge on any atom is -0.135 e. The molecule has 0 bridgehead atoms.